The monoisotopic (exact) mass is 588 g/mol. The van der Waals surface area contributed by atoms with Crippen molar-refractivity contribution < 1.29 is 18.7 Å². The first-order chi connectivity index (χ1) is 21.1. The Morgan fingerprint density at radius 1 is 1.05 bits per heavy atom. The second kappa shape index (κ2) is 11.0. The van der Waals surface area contributed by atoms with E-state index in [1.54, 1.807) is 42.9 Å². The number of nitrogens with zero attached hydrogens (tertiary/aromatic N) is 2. The van der Waals surface area contributed by atoms with Crippen LogP contribution in [0.25, 0.3) is 23.1 Å². The van der Waals surface area contributed by atoms with Crippen molar-refractivity contribution in [3.8, 4) is 17.1 Å². The van der Waals surface area contributed by atoms with Gasteiger partial charge in [-0.05, 0) is 61.2 Å². The zero-order valence-corrected chi connectivity index (χ0v) is 24.5. The minimum atomic E-state index is -0.382. The van der Waals surface area contributed by atoms with Gasteiger partial charge in [-0.3, -0.25) is 9.36 Å². The van der Waals surface area contributed by atoms with E-state index in [0.29, 0.717) is 33.0 Å². The minimum absolute atomic E-state index is 0.132. The number of aryl methyl sites for hydroxylation is 1. The lowest BCUT2D eigenvalue weighted by Gasteiger charge is -2.31. The summed E-state index contributed by atoms with van der Waals surface area (Å²) in [7, 11) is 1.66. The maximum Gasteiger partial charge on any atom is 0.338 e. The Morgan fingerprint density at radius 2 is 1.88 bits per heavy atom. The fraction of sp³-hybridized carbons (Fsp3) is 0.171. The Labute approximate surface area is 251 Å². The predicted molar refractivity (Wildman–Crippen MR) is 166 cm³/mol. The van der Waals surface area contributed by atoms with Gasteiger partial charge in [-0.1, -0.05) is 65.9 Å². The van der Waals surface area contributed by atoms with E-state index in [-0.39, 0.29) is 17.6 Å². The second-order valence-electron chi connectivity index (χ2n) is 10.4. The van der Waals surface area contributed by atoms with Crippen LogP contribution in [0.1, 0.15) is 52.2 Å². The van der Waals surface area contributed by atoms with Gasteiger partial charge in [0.2, 0.25) is 0 Å². The lowest BCUT2D eigenvalue weighted by molar-refractivity contribution is 0.0526. The summed E-state index contributed by atoms with van der Waals surface area (Å²) < 4.78 is 19.4. The first-order valence-corrected chi connectivity index (χ1v) is 15.0. The highest BCUT2D eigenvalue weighted by atomic mass is 32.1. The molecule has 43 heavy (non-hydrogen) atoms. The number of hydrogen-bond acceptors (Lipinski definition) is 7. The molecule has 0 saturated heterocycles. The van der Waals surface area contributed by atoms with Gasteiger partial charge in [-0.2, -0.15) is 0 Å². The number of allylic oxidation sites excluding steroid dienone is 1. The van der Waals surface area contributed by atoms with Gasteiger partial charge in [-0.15, -0.1) is 0 Å². The smallest absolute Gasteiger partial charge is 0.338 e. The summed E-state index contributed by atoms with van der Waals surface area (Å²) >= 11 is 1.35. The molecule has 0 spiro atoms. The number of furan rings is 1. The van der Waals surface area contributed by atoms with E-state index < -0.39 is 0 Å². The summed E-state index contributed by atoms with van der Waals surface area (Å²) in [6, 6.07) is 26.7. The summed E-state index contributed by atoms with van der Waals surface area (Å²) in [6.07, 6.45) is 3.44. The molecule has 1 aliphatic carbocycles. The van der Waals surface area contributed by atoms with Crippen LogP contribution in [0.15, 0.2) is 105 Å². The highest BCUT2D eigenvalue weighted by molar-refractivity contribution is 7.07. The molecule has 0 fully saturated rings. The fourth-order valence-corrected chi connectivity index (χ4v) is 6.90. The number of ether oxygens (including phenoxy) is 2. The van der Waals surface area contributed by atoms with Gasteiger partial charge in [0, 0.05) is 22.8 Å². The summed E-state index contributed by atoms with van der Waals surface area (Å²) in [5.41, 5.74) is 6.42. The Kier molecular flexibility index (Phi) is 6.91. The number of benzene rings is 3. The Hall–Kier alpha value is -4.95. The van der Waals surface area contributed by atoms with Gasteiger partial charge in [0.05, 0.1) is 35.6 Å². The van der Waals surface area contributed by atoms with Crippen LogP contribution in [0.5, 0.6) is 5.75 Å². The van der Waals surface area contributed by atoms with Gasteiger partial charge in [-0.25, -0.2) is 9.79 Å². The highest BCUT2D eigenvalue weighted by Crippen LogP contribution is 2.43. The quantitative estimate of drug-likeness (QED) is 0.236. The van der Waals surface area contributed by atoms with Crippen LogP contribution in [-0.2, 0) is 11.2 Å². The normalized spacial score (nSPS) is 15.8. The first kappa shape index (κ1) is 26.9. The fourth-order valence-electron chi connectivity index (χ4n) is 5.92. The molecule has 0 bridgehead atoms. The van der Waals surface area contributed by atoms with E-state index >= 15 is 0 Å². The molecule has 5 aromatic rings. The summed E-state index contributed by atoms with van der Waals surface area (Å²) in [4.78, 5) is 32.0. The van der Waals surface area contributed by atoms with Crippen molar-refractivity contribution in [3.63, 3.8) is 0 Å². The summed E-state index contributed by atoms with van der Waals surface area (Å²) in [6.45, 7) is 2.08. The molecule has 7 nitrogen and oxygen atoms in total. The summed E-state index contributed by atoms with van der Waals surface area (Å²) in [5, 5.41) is 0. The van der Waals surface area contributed by atoms with Crippen molar-refractivity contribution in [1.82, 2.24) is 4.57 Å². The van der Waals surface area contributed by atoms with E-state index in [1.165, 1.54) is 16.9 Å². The second-order valence-corrected chi connectivity index (χ2v) is 11.4. The Bertz CT molecular complexity index is 2100. The molecule has 7 rings (SSSR count). The number of fused-ring (bicyclic) bond motifs is 3. The van der Waals surface area contributed by atoms with Gasteiger partial charge in [0.15, 0.2) is 4.80 Å². The van der Waals surface area contributed by atoms with Crippen molar-refractivity contribution in [1.29, 1.82) is 0 Å². The van der Waals surface area contributed by atoms with Crippen molar-refractivity contribution in [2.45, 2.75) is 25.8 Å². The molecule has 0 saturated carbocycles. The van der Waals surface area contributed by atoms with Crippen LogP contribution in [0.3, 0.4) is 0 Å². The molecular formula is C35H28N2O5S. The number of hydrogen-bond donors (Lipinski definition) is 0. The molecule has 0 radical (unpaired) electrons. The molecule has 0 N–H and O–H groups in total. The molecule has 8 heteroatoms. The van der Waals surface area contributed by atoms with Crippen LogP contribution >= 0.6 is 11.3 Å². The molecule has 0 amide bonds. The van der Waals surface area contributed by atoms with Gasteiger partial charge < -0.3 is 13.9 Å². The summed E-state index contributed by atoms with van der Waals surface area (Å²) in [5.74, 6) is 1.47. The lowest BCUT2D eigenvalue weighted by atomic mass is 9.83. The number of esters is 1. The van der Waals surface area contributed by atoms with Gasteiger partial charge in [0.1, 0.15) is 17.3 Å². The number of rotatable bonds is 6. The van der Waals surface area contributed by atoms with Crippen LogP contribution < -0.4 is 19.6 Å². The Balaban J connectivity index is 1.35. The van der Waals surface area contributed by atoms with E-state index in [0.717, 1.165) is 46.6 Å². The topological polar surface area (TPSA) is 83.0 Å². The minimum Gasteiger partial charge on any atom is -0.496 e. The van der Waals surface area contributed by atoms with E-state index in [1.807, 2.05) is 48.5 Å². The molecule has 2 aromatic heterocycles. The van der Waals surface area contributed by atoms with Crippen molar-refractivity contribution >= 4 is 29.1 Å². The molecule has 2 aliphatic rings. The van der Waals surface area contributed by atoms with E-state index in [4.69, 9.17) is 18.9 Å². The van der Waals surface area contributed by atoms with Gasteiger partial charge >= 0.3 is 5.97 Å². The number of methoxy groups -OCH3 is 1. The molecular weight excluding hydrogens is 560 g/mol. The first-order valence-electron chi connectivity index (χ1n) is 14.2. The standard InChI is InChI=1S/C35H28N2O5S/c1-3-41-34(39)23-11-8-10-22(19-23)28-18-16-24(42-28)20-30-33(38)37-32(26-13-6-7-14-29(26)40-2)27-17-15-21-9-4-5-12-25(21)31(27)36-35(37)43-30/h4-14,16,18-20,32H,3,15,17H2,1-2H3/b30-20-/t32-/m1/s1. The molecule has 1 aliphatic heterocycles. The van der Waals surface area contributed by atoms with Crippen LogP contribution in [0.2, 0.25) is 0 Å². The van der Waals surface area contributed by atoms with Crippen molar-refractivity contribution in [2.75, 3.05) is 13.7 Å². The molecule has 3 aromatic carbocycles. The zero-order chi connectivity index (χ0) is 29.5. The van der Waals surface area contributed by atoms with Crippen LogP contribution in [0.4, 0.5) is 0 Å². The Morgan fingerprint density at radius 3 is 2.74 bits per heavy atom. The number of aromatic nitrogens is 1. The average molecular weight is 589 g/mol. The van der Waals surface area contributed by atoms with E-state index in [9.17, 15) is 9.59 Å². The number of para-hydroxylation sites is 1. The van der Waals surface area contributed by atoms with Crippen LogP contribution in [0, 0.1) is 0 Å². The number of carbonyl (C=O) groups excluding carboxylic acids is 1. The van der Waals surface area contributed by atoms with Crippen molar-refractivity contribution in [2.24, 2.45) is 4.99 Å². The van der Waals surface area contributed by atoms with Crippen molar-refractivity contribution in [3.05, 3.63) is 138 Å². The zero-order valence-electron chi connectivity index (χ0n) is 23.7. The lowest BCUT2D eigenvalue weighted by Crippen LogP contribution is -2.38. The maximum atomic E-state index is 14.1. The molecule has 1 atom stereocenters. The maximum absolute atomic E-state index is 14.1. The number of carbonyl (C=O) groups is 1. The third-order valence-electron chi connectivity index (χ3n) is 7.86. The molecule has 3 heterocycles. The highest BCUT2D eigenvalue weighted by Gasteiger charge is 2.34. The van der Waals surface area contributed by atoms with Gasteiger partial charge in [0.25, 0.3) is 5.56 Å². The van der Waals surface area contributed by atoms with E-state index in [2.05, 4.69) is 18.2 Å². The SMILES string of the molecule is CCOC(=O)c1cccc(-c2ccc(/C=c3\sc4n(c3=O)[C@H](c3ccccc3OC)C3=C(N=4)c4ccccc4CC3)o2)c1. The third-order valence-corrected chi connectivity index (χ3v) is 8.85. The molecule has 214 valence electrons. The number of thiazole rings is 1. The van der Waals surface area contributed by atoms with Crippen LogP contribution in [-0.4, -0.2) is 24.3 Å². The largest absolute Gasteiger partial charge is 0.496 e. The predicted octanol–water partition coefficient (Wildman–Crippen LogP) is 5.76. The third kappa shape index (κ3) is 4.73. The molecule has 0 unspecified atom stereocenters. The average Bonchev–Trinajstić information content (AvgIpc) is 3.64.